The van der Waals surface area contributed by atoms with Gasteiger partial charge in [0.05, 0.1) is 29.6 Å². The first kappa shape index (κ1) is 74.8. The van der Waals surface area contributed by atoms with E-state index in [4.69, 9.17) is 5.11 Å². The number of carbonyl (C=O) groups excluding carboxylic acids is 9. The molecule has 12 N–H and O–H groups in total. The first-order valence-electron chi connectivity index (χ1n) is 31.4. The van der Waals surface area contributed by atoms with Crippen LogP contribution in [0.3, 0.4) is 0 Å². The zero-order valence-corrected chi connectivity index (χ0v) is 53.2. The number of nitrogens with one attached hydrogen (secondary N) is 9. The maximum Gasteiger partial charge on any atom is 0.326 e. The SMILES string of the molecule is O=CC(CCC(=O)O)NC(=O)N[C@@H](CCCCNC(=O)CCCCCCC(=O)NCCCCC(NC(=O)C(Cc1ccccc1)NC(=O)C(Cc1ccccc1)NC(=O)CNC(=O)CNC(=O)CSC(c1ccccc1)(c1ccccc1)c1ccccc1)C(=O)O)C(=O)O. The molecule has 0 saturated heterocycles. The Balaban J connectivity index is 1.03. The molecule has 5 atom stereocenters. The molecule has 5 rings (SSSR count). The third-order valence-electron chi connectivity index (χ3n) is 15.1. The van der Waals surface area contributed by atoms with Crippen LogP contribution in [0.1, 0.15) is 118 Å². The zero-order valence-electron chi connectivity index (χ0n) is 52.4. The van der Waals surface area contributed by atoms with Crippen molar-refractivity contribution in [1.82, 2.24) is 47.9 Å². The van der Waals surface area contributed by atoms with Gasteiger partial charge in [-0.25, -0.2) is 14.4 Å². The van der Waals surface area contributed by atoms with Crippen molar-refractivity contribution < 1.29 is 72.9 Å². The number of aldehydes is 1. The number of amides is 9. The van der Waals surface area contributed by atoms with Gasteiger partial charge in [0.1, 0.15) is 30.5 Å². The first-order valence-corrected chi connectivity index (χ1v) is 32.4. The van der Waals surface area contributed by atoms with Gasteiger partial charge in [0.25, 0.3) is 0 Å². The monoisotopic (exact) mass is 1310 g/mol. The summed E-state index contributed by atoms with van der Waals surface area (Å²) >= 11 is 1.40. The normalized spacial score (nSPS) is 12.6. The molecule has 0 aromatic heterocycles. The van der Waals surface area contributed by atoms with Crippen molar-refractivity contribution in [2.75, 3.05) is 31.9 Å². The van der Waals surface area contributed by atoms with Crippen LogP contribution in [0.15, 0.2) is 152 Å². The number of aliphatic carboxylic acids is 3. The lowest BCUT2D eigenvalue weighted by Gasteiger charge is -2.35. The van der Waals surface area contributed by atoms with Crippen molar-refractivity contribution in [1.29, 1.82) is 0 Å². The summed E-state index contributed by atoms with van der Waals surface area (Å²) < 4.78 is -0.775. The number of carboxylic acids is 3. The second kappa shape index (κ2) is 41.5. The summed E-state index contributed by atoms with van der Waals surface area (Å²) in [5.41, 5.74) is 4.19. The molecule has 0 aliphatic carbocycles. The Morgan fingerprint density at radius 2 is 0.798 bits per heavy atom. The van der Waals surface area contributed by atoms with E-state index in [9.17, 15) is 67.7 Å². The standard InChI is InChI=1S/C69H85N9O15S/c79-46-53(38-39-63(85)86)74-68(93)78-55(67(91)92)35-21-23-41-71-59(81)37-19-2-1-18-36-58(80)70-40-22-20-34-54(66(89)90)76-65(88)57(43-49-26-10-4-11-27-49)77-64(87)56(42-48-24-8-3-9-25-48)75-61(83)45-72-60(82)44-73-62(84)47-94-69(50-28-12-5-13-29-50,51-30-14-6-15-31-51)52-32-16-7-17-33-52/h3-17,24-33,46,53-57H,1-2,18-23,34-45,47H2,(H,70,80)(H,71,81)(H,72,82)(H,73,84)(H,75,83)(H,76,88)(H,77,87)(H,85,86)(H,89,90)(H,91,92)(H2,74,78,93)/t53?,54?,55-,56?,57?/m0/s1. The van der Waals surface area contributed by atoms with Gasteiger partial charge in [0, 0.05) is 45.2 Å². The summed E-state index contributed by atoms with van der Waals surface area (Å²) in [6.07, 6.45) is 4.36. The van der Waals surface area contributed by atoms with Crippen LogP contribution in [-0.4, -0.2) is 149 Å². The molecular formula is C69H85N9O15S. The predicted molar refractivity (Wildman–Crippen MR) is 353 cm³/mol. The van der Waals surface area contributed by atoms with Gasteiger partial charge in [-0.3, -0.25) is 38.4 Å². The average molecular weight is 1310 g/mol. The van der Waals surface area contributed by atoms with Crippen LogP contribution in [0.5, 0.6) is 0 Å². The molecule has 0 saturated carbocycles. The molecule has 0 spiro atoms. The van der Waals surface area contributed by atoms with Crippen molar-refractivity contribution >= 4 is 83.3 Å². The Kier molecular flexibility index (Phi) is 33.1. The summed E-state index contributed by atoms with van der Waals surface area (Å²) in [6.45, 7) is -0.459. The molecule has 5 aromatic carbocycles. The summed E-state index contributed by atoms with van der Waals surface area (Å²) in [7, 11) is 0. The van der Waals surface area contributed by atoms with Gasteiger partial charge in [-0.05, 0) is 85.6 Å². The van der Waals surface area contributed by atoms with Gasteiger partial charge in [-0.1, -0.05) is 165 Å². The fourth-order valence-electron chi connectivity index (χ4n) is 10.2. The lowest BCUT2D eigenvalue weighted by atomic mass is 9.84. The smallest absolute Gasteiger partial charge is 0.326 e. The van der Waals surface area contributed by atoms with Gasteiger partial charge in [-0.2, -0.15) is 0 Å². The predicted octanol–water partition coefficient (Wildman–Crippen LogP) is 5.07. The minimum atomic E-state index is -1.36. The maximum absolute atomic E-state index is 14.3. The minimum Gasteiger partial charge on any atom is -0.481 e. The number of benzene rings is 5. The van der Waals surface area contributed by atoms with Crippen molar-refractivity contribution in [3.05, 3.63) is 179 Å². The molecule has 9 amide bonds. The Morgan fingerprint density at radius 1 is 0.394 bits per heavy atom. The number of hydrogen-bond donors (Lipinski definition) is 12. The highest BCUT2D eigenvalue weighted by atomic mass is 32.2. The lowest BCUT2D eigenvalue weighted by molar-refractivity contribution is -0.142. The molecule has 502 valence electrons. The van der Waals surface area contributed by atoms with Crippen LogP contribution in [0, 0.1) is 0 Å². The number of carboxylic acid groups (broad SMARTS) is 3. The van der Waals surface area contributed by atoms with E-state index in [0.717, 1.165) is 16.7 Å². The molecule has 24 nitrogen and oxygen atoms in total. The molecule has 4 unspecified atom stereocenters. The highest BCUT2D eigenvalue weighted by Gasteiger charge is 2.38. The Morgan fingerprint density at radius 3 is 1.23 bits per heavy atom. The lowest BCUT2D eigenvalue weighted by Crippen LogP contribution is -2.57. The number of thioether (sulfide) groups is 1. The topological polar surface area (TPSA) is 374 Å². The second-order valence-corrected chi connectivity index (χ2v) is 23.6. The molecule has 94 heavy (non-hydrogen) atoms. The second-order valence-electron chi connectivity index (χ2n) is 22.4. The van der Waals surface area contributed by atoms with E-state index >= 15 is 0 Å². The Labute approximate surface area is 550 Å². The number of carbonyl (C=O) groups is 12. The highest BCUT2D eigenvalue weighted by molar-refractivity contribution is 8.01. The van der Waals surface area contributed by atoms with E-state index in [1.54, 1.807) is 60.7 Å². The van der Waals surface area contributed by atoms with Gasteiger partial charge < -0.3 is 68.0 Å². The van der Waals surface area contributed by atoms with Crippen molar-refractivity contribution in [3.8, 4) is 0 Å². The zero-order chi connectivity index (χ0) is 67.9. The van der Waals surface area contributed by atoms with Gasteiger partial charge in [0.2, 0.25) is 41.4 Å². The van der Waals surface area contributed by atoms with Crippen LogP contribution in [0.25, 0.3) is 0 Å². The van der Waals surface area contributed by atoms with Crippen LogP contribution in [-0.2, 0) is 70.3 Å². The van der Waals surface area contributed by atoms with E-state index in [0.29, 0.717) is 68.8 Å². The van der Waals surface area contributed by atoms with Crippen molar-refractivity contribution in [2.45, 2.75) is 138 Å². The fraction of sp³-hybridized carbons (Fsp3) is 0.391. The summed E-state index contributed by atoms with van der Waals surface area (Å²) in [6, 6.07) is 39.9. The molecule has 0 bridgehead atoms. The van der Waals surface area contributed by atoms with Crippen LogP contribution < -0.4 is 47.9 Å². The van der Waals surface area contributed by atoms with E-state index in [1.807, 2.05) is 91.0 Å². The summed E-state index contributed by atoms with van der Waals surface area (Å²) in [4.78, 5) is 152. The molecule has 5 aromatic rings. The van der Waals surface area contributed by atoms with Crippen molar-refractivity contribution in [2.24, 2.45) is 0 Å². The first-order chi connectivity index (χ1) is 45.4. The number of urea groups is 1. The molecule has 0 fully saturated rings. The van der Waals surface area contributed by atoms with Crippen molar-refractivity contribution in [3.63, 3.8) is 0 Å². The average Bonchev–Trinajstić information content (AvgIpc) is 0.760. The van der Waals surface area contributed by atoms with E-state index < -0.39 is 102 Å². The van der Waals surface area contributed by atoms with Crippen LogP contribution >= 0.6 is 11.8 Å². The summed E-state index contributed by atoms with van der Waals surface area (Å²) in [5.74, 6) is -7.52. The van der Waals surface area contributed by atoms with Crippen LogP contribution in [0.2, 0.25) is 0 Å². The quantitative estimate of drug-likeness (QED) is 0.0138. The van der Waals surface area contributed by atoms with Gasteiger partial charge in [0.15, 0.2) is 0 Å². The largest absolute Gasteiger partial charge is 0.481 e. The van der Waals surface area contributed by atoms with E-state index in [1.165, 1.54) is 11.8 Å². The van der Waals surface area contributed by atoms with Gasteiger partial charge in [-0.15, -0.1) is 11.8 Å². The highest BCUT2D eigenvalue weighted by Crippen LogP contribution is 2.48. The molecule has 0 radical (unpaired) electrons. The van der Waals surface area contributed by atoms with Crippen LogP contribution in [0.4, 0.5) is 4.79 Å². The van der Waals surface area contributed by atoms with E-state index in [2.05, 4.69) is 47.9 Å². The Bertz CT molecular complexity index is 3150. The van der Waals surface area contributed by atoms with E-state index in [-0.39, 0.29) is 82.0 Å². The maximum atomic E-state index is 14.3. The molecular weight excluding hydrogens is 1230 g/mol. The fourth-order valence-corrected chi connectivity index (χ4v) is 11.5. The number of rotatable bonds is 44. The molecule has 25 heteroatoms. The minimum absolute atomic E-state index is 0.00228. The Hall–Kier alpha value is -9.91. The number of hydrogen-bond acceptors (Lipinski definition) is 13. The molecule has 0 aliphatic heterocycles. The third-order valence-corrected chi connectivity index (χ3v) is 16.7. The summed E-state index contributed by atoms with van der Waals surface area (Å²) in [5, 5.41) is 51.7. The third kappa shape index (κ3) is 27.5. The molecule has 0 aliphatic rings. The molecule has 0 heterocycles. The van der Waals surface area contributed by atoms with Gasteiger partial charge >= 0.3 is 23.9 Å². The number of unbranched alkanes of at least 4 members (excludes halogenated alkanes) is 5.